The summed E-state index contributed by atoms with van der Waals surface area (Å²) in [5.74, 6) is 0.650. The number of rotatable bonds is 5. The van der Waals surface area contributed by atoms with E-state index >= 15 is 0 Å². The standard InChI is InChI=1S/C15H14N2O3/c1-20-14-7-5-12(6-8-14)15(18)11-17-9-3-2-4-13(17)10-16-19/h2-10H,11H2,1H3. The summed E-state index contributed by atoms with van der Waals surface area (Å²) in [6, 6.07) is 12.2. The summed E-state index contributed by atoms with van der Waals surface area (Å²) in [6.45, 7) is 0.147. The number of nitrogens with zero attached hydrogens (tertiary/aromatic N) is 2. The lowest BCUT2D eigenvalue weighted by atomic mass is 10.1. The first-order chi connectivity index (χ1) is 9.74. The molecule has 1 heterocycles. The van der Waals surface area contributed by atoms with Gasteiger partial charge in [0.15, 0.2) is 6.20 Å². The maximum Gasteiger partial charge on any atom is 0.227 e. The number of benzene rings is 1. The molecule has 0 N–H and O–H groups in total. The second kappa shape index (κ2) is 6.47. The van der Waals surface area contributed by atoms with Crippen LogP contribution in [0.5, 0.6) is 5.75 Å². The summed E-state index contributed by atoms with van der Waals surface area (Å²) in [5, 5.41) is 13.1. The highest BCUT2D eigenvalue weighted by Gasteiger charge is 2.14. The number of Topliss-reactive ketones (excluding diaryl/α,β-unsaturated/α-hetero) is 1. The molecule has 2 aromatic rings. The number of hydrogen-bond acceptors (Lipinski definition) is 4. The molecule has 1 aromatic heterocycles. The highest BCUT2D eigenvalue weighted by Crippen LogP contribution is 2.11. The Balaban J connectivity index is 2.18. The number of hydrogen-bond donors (Lipinski definition) is 0. The third-order valence-electron chi connectivity index (χ3n) is 2.89. The average Bonchev–Trinajstić information content (AvgIpc) is 2.49. The molecule has 0 aliphatic carbocycles. The minimum atomic E-state index is -0.0515. The molecule has 0 atom stereocenters. The molecule has 0 saturated heterocycles. The summed E-state index contributed by atoms with van der Waals surface area (Å²) in [4.78, 5) is 12.2. The van der Waals surface area contributed by atoms with Gasteiger partial charge in [-0.25, -0.2) is 0 Å². The largest absolute Gasteiger partial charge is 0.792 e. The van der Waals surface area contributed by atoms with Crippen molar-refractivity contribution in [1.82, 2.24) is 0 Å². The first-order valence-corrected chi connectivity index (χ1v) is 6.06. The Bertz CT molecular complexity index is 621. The summed E-state index contributed by atoms with van der Waals surface area (Å²) in [5.41, 5.74) is 1.18. The molecule has 0 aliphatic rings. The molecule has 5 heteroatoms. The predicted octanol–water partition coefficient (Wildman–Crippen LogP) is 1.78. The Morgan fingerprint density at radius 2 is 2.05 bits per heavy atom. The monoisotopic (exact) mass is 270 g/mol. The minimum absolute atomic E-state index is 0.0515. The lowest BCUT2D eigenvalue weighted by Crippen LogP contribution is -2.41. The first kappa shape index (κ1) is 13.7. The van der Waals surface area contributed by atoms with Crippen molar-refractivity contribution in [1.29, 1.82) is 0 Å². The molecular weight excluding hydrogens is 256 g/mol. The van der Waals surface area contributed by atoms with E-state index in [4.69, 9.17) is 4.74 Å². The number of carbonyl (C=O) groups is 1. The number of ketones is 1. The second-order valence-corrected chi connectivity index (χ2v) is 4.14. The van der Waals surface area contributed by atoms with Crippen LogP contribution in [0.3, 0.4) is 0 Å². The van der Waals surface area contributed by atoms with E-state index in [1.807, 2.05) is 0 Å². The van der Waals surface area contributed by atoms with Crippen LogP contribution in [0, 0.1) is 5.21 Å². The molecular formula is C15H14N2O3. The average molecular weight is 270 g/mol. The number of aromatic nitrogens is 1. The van der Waals surface area contributed by atoms with E-state index in [1.54, 1.807) is 60.3 Å². The van der Waals surface area contributed by atoms with Gasteiger partial charge in [-0.1, -0.05) is 0 Å². The van der Waals surface area contributed by atoms with E-state index in [9.17, 15) is 10.0 Å². The Kier molecular flexibility index (Phi) is 4.44. The fourth-order valence-corrected chi connectivity index (χ4v) is 1.83. The van der Waals surface area contributed by atoms with Crippen molar-refractivity contribution >= 4 is 12.0 Å². The summed E-state index contributed by atoms with van der Waals surface area (Å²) in [6.07, 6.45) is 2.92. The van der Waals surface area contributed by atoms with E-state index in [1.165, 1.54) is 6.21 Å². The van der Waals surface area contributed by atoms with Gasteiger partial charge in [0, 0.05) is 17.7 Å². The van der Waals surface area contributed by atoms with Crippen LogP contribution in [-0.2, 0) is 6.54 Å². The topological polar surface area (TPSA) is 65.6 Å². The van der Waals surface area contributed by atoms with E-state index in [2.05, 4.69) is 5.16 Å². The number of methoxy groups -OCH3 is 1. The van der Waals surface area contributed by atoms with Crippen LogP contribution in [0.15, 0.2) is 53.8 Å². The Morgan fingerprint density at radius 3 is 2.70 bits per heavy atom. The Hall–Kier alpha value is -2.69. The molecule has 0 bridgehead atoms. The molecule has 2 rings (SSSR count). The van der Waals surface area contributed by atoms with Crippen molar-refractivity contribution in [3.05, 3.63) is 65.1 Å². The minimum Gasteiger partial charge on any atom is -0.792 e. The van der Waals surface area contributed by atoms with E-state index in [0.717, 1.165) is 0 Å². The molecule has 20 heavy (non-hydrogen) atoms. The van der Waals surface area contributed by atoms with Crippen molar-refractivity contribution in [2.24, 2.45) is 5.16 Å². The SMILES string of the molecule is COc1ccc(C(=O)C[n+]2ccccc2/C=N/[O-])cc1. The molecule has 5 nitrogen and oxygen atoms in total. The molecule has 0 unspecified atom stereocenters. The van der Waals surface area contributed by atoms with Crippen molar-refractivity contribution in [3.63, 3.8) is 0 Å². The van der Waals surface area contributed by atoms with Gasteiger partial charge >= 0.3 is 0 Å². The van der Waals surface area contributed by atoms with Gasteiger partial charge in [-0.15, -0.1) is 0 Å². The number of ether oxygens (including phenoxy) is 1. The van der Waals surface area contributed by atoms with Crippen molar-refractivity contribution in [2.75, 3.05) is 7.11 Å². The zero-order valence-electron chi connectivity index (χ0n) is 11.0. The Morgan fingerprint density at radius 1 is 1.30 bits per heavy atom. The van der Waals surface area contributed by atoms with Gasteiger partial charge < -0.3 is 15.1 Å². The third kappa shape index (κ3) is 3.20. The molecule has 0 fully saturated rings. The van der Waals surface area contributed by atoms with E-state index in [0.29, 0.717) is 17.0 Å². The first-order valence-electron chi connectivity index (χ1n) is 6.06. The van der Waals surface area contributed by atoms with Gasteiger partial charge in [0.2, 0.25) is 18.0 Å². The highest BCUT2D eigenvalue weighted by atomic mass is 16.5. The van der Waals surface area contributed by atoms with Crippen LogP contribution in [0.4, 0.5) is 0 Å². The van der Waals surface area contributed by atoms with E-state index in [-0.39, 0.29) is 12.3 Å². The van der Waals surface area contributed by atoms with E-state index < -0.39 is 0 Å². The fraction of sp³-hybridized carbons (Fsp3) is 0.133. The van der Waals surface area contributed by atoms with Crippen LogP contribution in [0.2, 0.25) is 0 Å². The highest BCUT2D eigenvalue weighted by molar-refractivity contribution is 5.95. The van der Waals surface area contributed by atoms with Gasteiger partial charge in [0.1, 0.15) is 5.75 Å². The lowest BCUT2D eigenvalue weighted by Gasteiger charge is -2.03. The van der Waals surface area contributed by atoms with Crippen LogP contribution >= 0.6 is 0 Å². The van der Waals surface area contributed by atoms with Gasteiger partial charge in [-0.2, -0.15) is 4.57 Å². The second-order valence-electron chi connectivity index (χ2n) is 4.14. The number of carbonyl (C=O) groups excluding carboxylic acids is 1. The van der Waals surface area contributed by atoms with Crippen LogP contribution in [0.25, 0.3) is 0 Å². The fourth-order valence-electron chi connectivity index (χ4n) is 1.83. The van der Waals surface area contributed by atoms with Crippen molar-refractivity contribution in [3.8, 4) is 5.75 Å². The van der Waals surface area contributed by atoms with Crippen LogP contribution < -0.4 is 9.30 Å². The van der Waals surface area contributed by atoms with Crippen LogP contribution in [-0.4, -0.2) is 19.1 Å². The smallest absolute Gasteiger partial charge is 0.227 e. The molecule has 0 radical (unpaired) electrons. The van der Waals surface area contributed by atoms with Gasteiger partial charge in [0.05, 0.1) is 13.3 Å². The van der Waals surface area contributed by atoms with Gasteiger partial charge in [-0.3, -0.25) is 4.79 Å². The van der Waals surface area contributed by atoms with Gasteiger partial charge in [-0.05, 0) is 30.3 Å². The van der Waals surface area contributed by atoms with Crippen LogP contribution in [0.1, 0.15) is 16.1 Å². The lowest BCUT2D eigenvalue weighted by molar-refractivity contribution is -0.684. The maximum absolute atomic E-state index is 12.2. The summed E-state index contributed by atoms with van der Waals surface area (Å²) in [7, 11) is 1.57. The molecule has 0 amide bonds. The third-order valence-corrected chi connectivity index (χ3v) is 2.89. The van der Waals surface area contributed by atoms with Crippen molar-refractivity contribution < 1.29 is 14.1 Å². The summed E-state index contributed by atoms with van der Waals surface area (Å²) >= 11 is 0. The normalized spacial score (nSPS) is 10.7. The van der Waals surface area contributed by atoms with Crippen molar-refractivity contribution in [2.45, 2.75) is 6.54 Å². The molecule has 0 saturated carbocycles. The molecule has 0 aliphatic heterocycles. The molecule has 102 valence electrons. The quantitative estimate of drug-likeness (QED) is 0.360. The maximum atomic E-state index is 12.2. The summed E-state index contributed by atoms with van der Waals surface area (Å²) < 4.78 is 6.72. The molecule has 1 aromatic carbocycles. The molecule has 0 spiro atoms. The zero-order valence-corrected chi connectivity index (χ0v) is 11.0. The Labute approximate surface area is 116 Å². The van der Waals surface area contributed by atoms with Gasteiger partial charge in [0.25, 0.3) is 0 Å². The predicted molar refractivity (Wildman–Crippen MR) is 74.9 cm³/mol. The number of pyridine rings is 1. The zero-order chi connectivity index (χ0) is 14.4.